The Balaban J connectivity index is 2.23. The van der Waals surface area contributed by atoms with Gasteiger partial charge in [0, 0.05) is 9.50 Å². The average molecular weight is 316 g/mol. The van der Waals surface area contributed by atoms with Crippen molar-refractivity contribution in [2.45, 2.75) is 0 Å². The first-order valence-corrected chi connectivity index (χ1v) is 5.80. The van der Waals surface area contributed by atoms with E-state index in [9.17, 15) is 4.79 Å². The maximum atomic E-state index is 11.9. The summed E-state index contributed by atoms with van der Waals surface area (Å²) in [7, 11) is 0. The smallest absolute Gasteiger partial charge is 0.258 e. The van der Waals surface area contributed by atoms with Crippen molar-refractivity contribution >= 4 is 44.9 Å². The van der Waals surface area contributed by atoms with Crippen LogP contribution in [-0.4, -0.2) is 16.1 Å². The Bertz CT molecular complexity index is 569. The number of rotatable bonds is 2. The van der Waals surface area contributed by atoms with Crippen molar-refractivity contribution in [1.29, 1.82) is 0 Å². The molecule has 7 heteroatoms. The summed E-state index contributed by atoms with van der Waals surface area (Å²) in [6.45, 7) is 0. The minimum atomic E-state index is -0.301. The van der Waals surface area contributed by atoms with Crippen LogP contribution in [0.5, 0.6) is 0 Å². The highest BCUT2D eigenvalue weighted by Gasteiger charge is 2.12. The fraction of sp³-hybridized carbons (Fsp3) is 0. The normalized spacial score (nSPS) is 10.2. The van der Waals surface area contributed by atoms with Crippen molar-refractivity contribution in [2.24, 2.45) is 0 Å². The molecule has 2 rings (SSSR count). The van der Waals surface area contributed by atoms with E-state index in [2.05, 4.69) is 31.4 Å². The summed E-state index contributed by atoms with van der Waals surface area (Å²) < 4.78 is 0.612. The Morgan fingerprint density at radius 2 is 2.29 bits per heavy atom. The SMILES string of the molecule is Nc1cn[nH]c1NC(=O)c1ccc(Cl)cc1Br. The van der Waals surface area contributed by atoms with E-state index < -0.39 is 0 Å². The Hall–Kier alpha value is -1.53. The van der Waals surface area contributed by atoms with Crippen molar-refractivity contribution in [3.05, 3.63) is 39.5 Å². The van der Waals surface area contributed by atoms with E-state index in [1.54, 1.807) is 18.2 Å². The van der Waals surface area contributed by atoms with Gasteiger partial charge in [-0.05, 0) is 34.1 Å². The first-order valence-electron chi connectivity index (χ1n) is 4.63. The standard InChI is InChI=1S/C10H8BrClN4O/c11-7-3-5(12)1-2-6(7)10(17)15-9-8(13)4-14-16-9/h1-4H,13H2,(H2,14,15,16,17). The van der Waals surface area contributed by atoms with Gasteiger partial charge in [-0.15, -0.1) is 0 Å². The molecule has 1 aromatic carbocycles. The van der Waals surface area contributed by atoms with Crippen molar-refractivity contribution in [2.75, 3.05) is 11.1 Å². The fourth-order valence-electron chi connectivity index (χ4n) is 1.25. The number of aromatic amines is 1. The number of hydrogen-bond donors (Lipinski definition) is 3. The van der Waals surface area contributed by atoms with Gasteiger partial charge in [-0.2, -0.15) is 5.10 Å². The van der Waals surface area contributed by atoms with Crippen molar-refractivity contribution in [3.63, 3.8) is 0 Å². The summed E-state index contributed by atoms with van der Waals surface area (Å²) in [5.41, 5.74) is 6.43. The van der Waals surface area contributed by atoms with Gasteiger partial charge in [0.1, 0.15) is 0 Å². The van der Waals surface area contributed by atoms with Gasteiger partial charge in [0.15, 0.2) is 5.82 Å². The molecular formula is C10H8BrClN4O. The van der Waals surface area contributed by atoms with E-state index in [1.165, 1.54) is 6.20 Å². The number of amides is 1. The quantitative estimate of drug-likeness (QED) is 0.796. The van der Waals surface area contributed by atoms with E-state index in [4.69, 9.17) is 17.3 Å². The van der Waals surface area contributed by atoms with Gasteiger partial charge >= 0.3 is 0 Å². The number of carbonyl (C=O) groups excluding carboxylic acids is 1. The molecule has 1 heterocycles. The van der Waals surface area contributed by atoms with Crippen LogP contribution in [0.25, 0.3) is 0 Å². The molecule has 5 nitrogen and oxygen atoms in total. The first kappa shape index (κ1) is 11.9. The lowest BCUT2D eigenvalue weighted by Crippen LogP contribution is -2.13. The van der Waals surface area contributed by atoms with Gasteiger partial charge in [0.2, 0.25) is 0 Å². The predicted octanol–water partition coefficient (Wildman–Crippen LogP) is 2.66. The molecule has 1 amide bonds. The molecule has 2 aromatic rings. The number of nitrogens with zero attached hydrogens (tertiary/aromatic N) is 1. The molecule has 0 saturated heterocycles. The van der Waals surface area contributed by atoms with Crippen molar-refractivity contribution in [3.8, 4) is 0 Å². The van der Waals surface area contributed by atoms with Crippen LogP contribution in [-0.2, 0) is 0 Å². The van der Waals surface area contributed by atoms with Crippen LogP contribution in [0, 0.1) is 0 Å². The second kappa shape index (κ2) is 4.77. The molecule has 4 N–H and O–H groups in total. The van der Waals surface area contributed by atoms with Gasteiger partial charge in [0.05, 0.1) is 17.4 Å². The minimum absolute atomic E-state index is 0.301. The van der Waals surface area contributed by atoms with Gasteiger partial charge in [-0.25, -0.2) is 0 Å². The average Bonchev–Trinajstić information content (AvgIpc) is 2.64. The summed E-state index contributed by atoms with van der Waals surface area (Å²) in [5.74, 6) is 0.0707. The molecule has 88 valence electrons. The Morgan fingerprint density at radius 1 is 1.53 bits per heavy atom. The molecule has 0 bridgehead atoms. The second-order valence-corrected chi connectivity index (χ2v) is 4.57. The number of nitrogens with two attached hydrogens (primary N) is 1. The van der Waals surface area contributed by atoms with Crippen molar-refractivity contribution in [1.82, 2.24) is 10.2 Å². The van der Waals surface area contributed by atoms with E-state index in [1.807, 2.05) is 0 Å². The highest BCUT2D eigenvalue weighted by Crippen LogP contribution is 2.23. The molecule has 0 saturated carbocycles. The summed E-state index contributed by atoms with van der Waals surface area (Å²) in [4.78, 5) is 11.9. The summed E-state index contributed by atoms with van der Waals surface area (Å²) in [5, 5.41) is 9.46. The summed E-state index contributed by atoms with van der Waals surface area (Å²) in [6, 6.07) is 4.90. The number of H-pyrrole nitrogens is 1. The molecule has 0 aliphatic rings. The molecule has 0 aliphatic heterocycles. The predicted molar refractivity (Wildman–Crippen MR) is 70.1 cm³/mol. The van der Waals surface area contributed by atoms with Gasteiger partial charge in [0.25, 0.3) is 5.91 Å². The number of benzene rings is 1. The summed E-state index contributed by atoms with van der Waals surface area (Å²) >= 11 is 9.06. The third-order valence-electron chi connectivity index (χ3n) is 2.08. The van der Waals surface area contributed by atoms with E-state index in [0.29, 0.717) is 26.6 Å². The molecule has 0 atom stereocenters. The first-order chi connectivity index (χ1) is 8.08. The third-order valence-corrected chi connectivity index (χ3v) is 2.97. The monoisotopic (exact) mass is 314 g/mol. The van der Waals surface area contributed by atoms with Gasteiger partial charge in [-0.3, -0.25) is 9.89 Å². The number of nitrogen functional groups attached to an aromatic ring is 1. The van der Waals surface area contributed by atoms with Gasteiger partial charge in [-0.1, -0.05) is 11.6 Å². The van der Waals surface area contributed by atoms with Crippen LogP contribution in [0.15, 0.2) is 28.9 Å². The molecule has 0 radical (unpaired) electrons. The zero-order valence-corrected chi connectivity index (χ0v) is 10.8. The highest BCUT2D eigenvalue weighted by atomic mass is 79.9. The lowest BCUT2D eigenvalue weighted by Gasteiger charge is -2.05. The zero-order chi connectivity index (χ0) is 12.4. The lowest BCUT2D eigenvalue weighted by atomic mass is 10.2. The van der Waals surface area contributed by atoms with E-state index >= 15 is 0 Å². The summed E-state index contributed by atoms with van der Waals surface area (Å²) in [6.07, 6.45) is 1.42. The number of anilines is 2. The number of hydrogen-bond acceptors (Lipinski definition) is 3. The van der Waals surface area contributed by atoms with Crippen LogP contribution in [0.3, 0.4) is 0 Å². The van der Waals surface area contributed by atoms with E-state index in [0.717, 1.165) is 0 Å². The van der Waals surface area contributed by atoms with Crippen LogP contribution in [0.1, 0.15) is 10.4 Å². The number of aromatic nitrogens is 2. The van der Waals surface area contributed by atoms with Crippen LogP contribution in [0.2, 0.25) is 5.02 Å². The lowest BCUT2D eigenvalue weighted by molar-refractivity contribution is 0.102. The largest absolute Gasteiger partial charge is 0.394 e. The molecule has 0 fully saturated rings. The van der Waals surface area contributed by atoms with Crippen LogP contribution >= 0.6 is 27.5 Å². The number of carbonyl (C=O) groups is 1. The highest BCUT2D eigenvalue weighted by molar-refractivity contribution is 9.10. The Morgan fingerprint density at radius 3 is 2.88 bits per heavy atom. The molecule has 17 heavy (non-hydrogen) atoms. The fourth-order valence-corrected chi connectivity index (χ4v) is 2.11. The van der Waals surface area contributed by atoms with Crippen LogP contribution in [0.4, 0.5) is 11.5 Å². The molecule has 0 aliphatic carbocycles. The maximum Gasteiger partial charge on any atom is 0.258 e. The van der Waals surface area contributed by atoms with Crippen LogP contribution < -0.4 is 11.1 Å². The molecule has 1 aromatic heterocycles. The third kappa shape index (κ3) is 2.59. The van der Waals surface area contributed by atoms with Crippen molar-refractivity contribution < 1.29 is 4.79 Å². The van der Waals surface area contributed by atoms with E-state index in [-0.39, 0.29) is 5.91 Å². The molecule has 0 spiro atoms. The second-order valence-electron chi connectivity index (χ2n) is 3.28. The maximum absolute atomic E-state index is 11.9. The topological polar surface area (TPSA) is 83.8 Å². The Labute approximate surface area is 110 Å². The van der Waals surface area contributed by atoms with Gasteiger partial charge < -0.3 is 11.1 Å². The number of nitrogens with one attached hydrogen (secondary N) is 2. The minimum Gasteiger partial charge on any atom is -0.394 e. The number of halogens is 2. The molecular weight excluding hydrogens is 307 g/mol. The Kier molecular flexibility index (Phi) is 3.35. The zero-order valence-electron chi connectivity index (χ0n) is 8.50. The molecule has 0 unspecified atom stereocenters.